The summed E-state index contributed by atoms with van der Waals surface area (Å²) in [5.41, 5.74) is 1.76. The van der Waals surface area contributed by atoms with Gasteiger partial charge in [-0.15, -0.1) is 19.0 Å². The van der Waals surface area contributed by atoms with E-state index in [9.17, 15) is 23.3 Å². The molecule has 1 saturated heterocycles. The van der Waals surface area contributed by atoms with Crippen molar-refractivity contribution in [3.63, 3.8) is 0 Å². The van der Waals surface area contributed by atoms with Gasteiger partial charge >= 0.3 is 6.09 Å². The number of nitro groups is 1. The maximum atomic E-state index is 13.2. The number of likely N-dealkylation sites (tertiary alicyclic amines) is 1. The second kappa shape index (κ2) is 17.1. The van der Waals surface area contributed by atoms with E-state index >= 15 is 0 Å². The van der Waals surface area contributed by atoms with Crippen LogP contribution in [0.3, 0.4) is 0 Å². The van der Waals surface area contributed by atoms with Crippen LogP contribution in [0.1, 0.15) is 36.3 Å². The van der Waals surface area contributed by atoms with Crippen LogP contribution < -0.4 is 0 Å². The first-order valence-electron chi connectivity index (χ1n) is 14.8. The molecular formula is C33H41ClN4O6S. The van der Waals surface area contributed by atoms with Gasteiger partial charge in [0.25, 0.3) is 5.69 Å². The third-order valence-electron chi connectivity index (χ3n) is 8.06. The van der Waals surface area contributed by atoms with Crippen molar-refractivity contribution in [3.05, 3.63) is 119 Å². The molecule has 1 unspecified atom stereocenters. The minimum absolute atomic E-state index is 0. The Kier molecular flexibility index (Phi) is 13.5. The third-order valence-corrected chi connectivity index (χ3v) is 9.90. The molecule has 1 heterocycles. The lowest BCUT2D eigenvalue weighted by Crippen LogP contribution is -2.48. The number of nitrogens with zero attached hydrogens (tertiary/aromatic N) is 4. The molecule has 0 bridgehead atoms. The summed E-state index contributed by atoms with van der Waals surface area (Å²) in [4.78, 5) is 27.8. The van der Waals surface area contributed by atoms with Crippen molar-refractivity contribution in [2.24, 2.45) is 0 Å². The topological polar surface area (TPSA) is 113 Å². The molecule has 10 nitrogen and oxygen atoms in total. The number of sulfonamides is 1. The highest BCUT2D eigenvalue weighted by molar-refractivity contribution is 7.89. The summed E-state index contributed by atoms with van der Waals surface area (Å²) in [5, 5.41) is 10.9. The van der Waals surface area contributed by atoms with Crippen LogP contribution in [0.4, 0.5) is 10.5 Å². The Labute approximate surface area is 271 Å². The van der Waals surface area contributed by atoms with E-state index in [1.165, 1.54) is 16.4 Å². The smallest absolute Gasteiger partial charge is 0.410 e. The van der Waals surface area contributed by atoms with Crippen molar-refractivity contribution in [1.82, 2.24) is 14.1 Å². The molecule has 1 fully saturated rings. The zero-order valence-electron chi connectivity index (χ0n) is 25.4. The summed E-state index contributed by atoms with van der Waals surface area (Å²) in [6.07, 6.45) is 3.59. The van der Waals surface area contributed by atoms with E-state index in [0.717, 1.165) is 44.5 Å². The number of likely N-dealkylation sites (N-methyl/N-ethyl adjacent to an activating group) is 1. The van der Waals surface area contributed by atoms with Crippen LogP contribution in [0.15, 0.2) is 102 Å². The highest BCUT2D eigenvalue weighted by Gasteiger charge is 2.29. The molecule has 3 aromatic rings. The Balaban J connectivity index is 0.00000552. The minimum Gasteiger partial charge on any atom is -0.445 e. The average Bonchev–Trinajstić information content (AvgIpc) is 3.05. The van der Waals surface area contributed by atoms with E-state index in [-0.39, 0.29) is 41.6 Å². The number of rotatable bonds is 14. The lowest BCUT2D eigenvalue weighted by molar-refractivity contribution is -0.384. The number of halogens is 1. The highest BCUT2D eigenvalue weighted by atomic mass is 35.5. The number of benzene rings is 3. The number of non-ortho nitro benzene ring substituents is 1. The van der Waals surface area contributed by atoms with Gasteiger partial charge in [-0.2, -0.15) is 0 Å². The molecule has 0 spiro atoms. The summed E-state index contributed by atoms with van der Waals surface area (Å²) in [6, 6.07) is 24.5. The zero-order valence-corrected chi connectivity index (χ0v) is 27.1. The average molecular weight is 657 g/mol. The number of nitro benzene ring substituents is 1. The fourth-order valence-corrected chi connectivity index (χ4v) is 6.75. The van der Waals surface area contributed by atoms with Crippen molar-refractivity contribution in [3.8, 4) is 0 Å². The Morgan fingerprint density at radius 1 is 1.04 bits per heavy atom. The van der Waals surface area contributed by atoms with Crippen LogP contribution in [0.5, 0.6) is 0 Å². The van der Waals surface area contributed by atoms with E-state index < -0.39 is 21.0 Å². The predicted octanol–water partition coefficient (Wildman–Crippen LogP) is 6.10. The molecule has 0 N–H and O–H groups in total. The lowest BCUT2D eigenvalue weighted by atomic mass is 9.94. The standard InChI is InChI=1S/C33H40N4O6S.ClH/c1-3-21-36(33(38)43-26-27-14-16-31(17-15-27)37(39)40)30-19-23-35(24-20-30)22-18-29(28-10-6-4-7-11-28)25-34(2)44(41,42)32-12-8-5-9-13-32;/h3-17,29-30H,1,18-26H2,2H3;1H. The molecule has 1 aliphatic heterocycles. The molecule has 0 saturated carbocycles. The molecule has 0 aliphatic carbocycles. The molecule has 1 amide bonds. The number of hydrogen-bond donors (Lipinski definition) is 0. The zero-order chi connectivity index (χ0) is 31.5. The van der Waals surface area contributed by atoms with E-state index in [0.29, 0.717) is 18.7 Å². The first-order chi connectivity index (χ1) is 21.2. The molecule has 12 heteroatoms. The van der Waals surface area contributed by atoms with Crippen molar-refractivity contribution in [1.29, 1.82) is 0 Å². The normalized spacial score (nSPS) is 14.7. The maximum Gasteiger partial charge on any atom is 0.410 e. The van der Waals surface area contributed by atoms with Gasteiger partial charge in [0.2, 0.25) is 10.0 Å². The highest BCUT2D eigenvalue weighted by Crippen LogP contribution is 2.26. The van der Waals surface area contributed by atoms with E-state index in [1.807, 2.05) is 18.2 Å². The summed E-state index contributed by atoms with van der Waals surface area (Å²) in [6.45, 7) is 6.96. The number of carbonyl (C=O) groups is 1. The molecule has 242 valence electrons. The van der Waals surface area contributed by atoms with Gasteiger partial charge in [-0.05, 0) is 67.1 Å². The second-order valence-corrected chi connectivity index (χ2v) is 13.0. The summed E-state index contributed by atoms with van der Waals surface area (Å²) >= 11 is 0. The van der Waals surface area contributed by atoms with Gasteiger partial charge < -0.3 is 14.5 Å². The molecule has 1 atom stereocenters. The van der Waals surface area contributed by atoms with Crippen molar-refractivity contribution < 1.29 is 22.9 Å². The summed E-state index contributed by atoms with van der Waals surface area (Å²) in [7, 11) is -1.97. The second-order valence-electron chi connectivity index (χ2n) is 11.0. The minimum atomic E-state index is -3.61. The predicted molar refractivity (Wildman–Crippen MR) is 177 cm³/mol. The molecule has 1 aliphatic rings. The van der Waals surface area contributed by atoms with Crippen molar-refractivity contribution in [2.45, 2.75) is 42.7 Å². The van der Waals surface area contributed by atoms with Crippen molar-refractivity contribution >= 4 is 34.2 Å². The fourth-order valence-electron chi connectivity index (χ4n) is 5.52. The van der Waals surface area contributed by atoms with E-state index in [2.05, 4.69) is 23.6 Å². The first kappa shape index (κ1) is 35.7. The number of ether oxygens (including phenoxy) is 1. The van der Waals surface area contributed by atoms with Gasteiger partial charge in [-0.1, -0.05) is 54.6 Å². The van der Waals surface area contributed by atoms with E-state index in [1.54, 1.807) is 60.5 Å². The third kappa shape index (κ3) is 9.86. The van der Waals surface area contributed by atoms with Crippen LogP contribution in [0, 0.1) is 10.1 Å². The molecular weight excluding hydrogens is 616 g/mol. The Morgan fingerprint density at radius 3 is 2.22 bits per heavy atom. The van der Waals surface area contributed by atoms with Gasteiger partial charge in [0.05, 0.1) is 9.82 Å². The van der Waals surface area contributed by atoms with Gasteiger partial charge in [0.1, 0.15) is 6.61 Å². The lowest BCUT2D eigenvalue weighted by Gasteiger charge is -2.38. The molecule has 0 radical (unpaired) electrons. The van der Waals surface area contributed by atoms with Crippen LogP contribution in [0.2, 0.25) is 0 Å². The molecule has 3 aromatic carbocycles. The van der Waals surface area contributed by atoms with Crippen LogP contribution >= 0.6 is 12.4 Å². The number of piperidine rings is 1. The van der Waals surface area contributed by atoms with Gasteiger partial charge in [-0.25, -0.2) is 17.5 Å². The monoisotopic (exact) mass is 656 g/mol. The Hall–Kier alpha value is -3.77. The van der Waals surface area contributed by atoms with Gasteiger partial charge in [-0.3, -0.25) is 10.1 Å². The summed E-state index contributed by atoms with van der Waals surface area (Å²) < 4.78 is 33.4. The molecule has 4 rings (SSSR count). The largest absolute Gasteiger partial charge is 0.445 e. The number of amides is 1. The van der Waals surface area contributed by atoms with Crippen molar-refractivity contribution in [2.75, 3.05) is 39.8 Å². The van der Waals surface area contributed by atoms with E-state index in [4.69, 9.17) is 4.74 Å². The van der Waals surface area contributed by atoms with Crippen LogP contribution in [-0.2, 0) is 21.4 Å². The fraction of sp³-hybridized carbons (Fsp3) is 0.364. The SMILES string of the molecule is C=CCN(C(=O)OCc1ccc([N+](=O)[O-])cc1)C1CCN(CCC(CN(C)S(=O)(=O)c2ccccc2)c2ccccc2)CC1.Cl. The maximum absolute atomic E-state index is 13.2. The Bertz CT molecular complexity index is 1480. The van der Waals surface area contributed by atoms with Crippen LogP contribution in [0.25, 0.3) is 0 Å². The number of carbonyl (C=O) groups excluding carboxylic acids is 1. The van der Waals surface area contributed by atoms with Gasteiger partial charge in [0.15, 0.2) is 0 Å². The van der Waals surface area contributed by atoms with Gasteiger partial charge in [0, 0.05) is 51.4 Å². The Morgan fingerprint density at radius 2 is 1.64 bits per heavy atom. The molecule has 0 aromatic heterocycles. The summed E-state index contributed by atoms with van der Waals surface area (Å²) in [5.74, 6) is 0.0177. The van der Waals surface area contributed by atoms with Crippen LogP contribution in [-0.4, -0.2) is 79.4 Å². The quantitative estimate of drug-likeness (QED) is 0.117. The number of hydrogen-bond acceptors (Lipinski definition) is 7. The first-order valence-corrected chi connectivity index (χ1v) is 16.2. The molecule has 45 heavy (non-hydrogen) atoms.